The molecule has 0 spiro atoms. The van der Waals surface area contributed by atoms with E-state index in [1.165, 1.54) is 12.8 Å². The van der Waals surface area contributed by atoms with E-state index in [1.807, 2.05) is 18.5 Å². The van der Waals surface area contributed by atoms with Crippen LogP contribution in [0.2, 0.25) is 0 Å². The van der Waals surface area contributed by atoms with Crippen LogP contribution in [0.5, 0.6) is 0 Å². The largest absolute Gasteiger partial charge is 0.365 e. The number of benzene rings is 1. The summed E-state index contributed by atoms with van der Waals surface area (Å²) in [6.45, 7) is 7.30. The number of piperidine rings is 1. The van der Waals surface area contributed by atoms with Crippen LogP contribution in [0.4, 0.5) is 11.8 Å². The third kappa shape index (κ3) is 6.14. The maximum Gasteiger partial charge on any atom is 0.243 e. The van der Waals surface area contributed by atoms with Gasteiger partial charge in [0.15, 0.2) is 17.0 Å². The molecule has 2 aromatic heterocycles. The second-order valence-electron chi connectivity index (χ2n) is 13.5. The third-order valence-corrected chi connectivity index (χ3v) is 11.3. The Morgan fingerprint density at radius 3 is 2.14 bits per heavy atom. The number of hydrogen-bond acceptors (Lipinski definition) is 8. The number of nitrogens with one attached hydrogen (secondary N) is 2. The molecular weight excluding hydrogens is 548 g/mol. The summed E-state index contributed by atoms with van der Waals surface area (Å²) in [5.74, 6) is 1.36. The smallest absolute Gasteiger partial charge is 0.243 e. The number of anilines is 2. The van der Waals surface area contributed by atoms with Crippen molar-refractivity contribution in [2.45, 2.75) is 119 Å². The van der Waals surface area contributed by atoms with Crippen molar-refractivity contribution in [3.63, 3.8) is 0 Å². The monoisotopic (exact) mass is 594 g/mol. The quantitative estimate of drug-likeness (QED) is 0.341. The Hall–Kier alpha value is -2.76. The van der Waals surface area contributed by atoms with Crippen LogP contribution in [0, 0.1) is 0 Å². The van der Waals surface area contributed by atoms with E-state index in [0.717, 1.165) is 61.1 Å². The first-order valence-electron chi connectivity index (χ1n) is 15.7. The summed E-state index contributed by atoms with van der Waals surface area (Å²) >= 11 is 0. The Labute approximate surface area is 249 Å². The van der Waals surface area contributed by atoms with Crippen LogP contribution in [-0.2, 0) is 15.4 Å². The van der Waals surface area contributed by atoms with E-state index in [0.29, 0.717) is 48.9 Å². The fraction of sp³-hybridized carbons (Fsp3) is 0.645. The normalized spacial score (nSPS) is 23.4. The average Bonchev–Trinajstić information content (AvgIpc) is 3.65. The number of sulfonamides is 1. The SMILES string of the molecule is CC(C)(C)c1ccc(S(=O)(=O)N2CCC(Nc3nc(N[C@H]4CC[C@H](N)CC4)nc4c3ncn4C3CCCC3)CC2)cc1. The van der Waals surface area contributed by atoms with Gasteiger partial charge in [-0.25, -0.2) is 13.4 Å². The van der Waals surface area contributed by atoms with Crippen molar-refractivity contribution in [2.75, 3.05) is 23.7 Å². The van der Waals surface area contributed by atoms with Crippen LogP contribution in [-0.4, -0.2) is 63.5 Å². The van der Waals surface area contributed by atoms with Crippen LogP contribution in [0.3, 0.4) is 0 Å². The van der Waals surface area contributed by atoms with Crippen molar-refractivity contribution in [2.24, 2.45) is 5.73 Å². The number of imidazole rings is 1. The fourth-order valence-electron chi connectivity index (χ4n) is 6.69. The highest BCUT2D eigenvalue weighted by atomic mass is 32.2. The van der Waals surface area contributed by atoms with Gasteiger partial charge in [-0.1, -0.05) is 45.7 Å². The van der Waals surface area contributed by atoms with E-state index in [2.05, 4.69) is 36.0 Å². The van der Waals surface area contributed by atoms with E-state index in [1.54, 1.807) is 16.4 Å². The lowest BCUT2D eigenvalue weighted by molar-refractivity contribution is 0.329. The van der Waals surface area contributed by atoms with Gasteiger partial charge in [-0.15, -0.1) is 0 Å². The molecule has 6 rings (SSSR count). The van der Waals surface area contributed by atoms with Gasteiger partial charge >= 0.3 is 0 Å². The summed E-state index contributed by atoms with van der Waals surface area (Å²) in [4.78, 5) is 15.0. The van der Waals surface area contributed by atoms with E-state index in [-0.39, 0.29) is 17.5 Å². The molecule has 3 aliphatic rings. The molecular formula is C31H46N8O2S. The molecule has 4 N–H and O–H groups in total. The highest BCUT2D eigenvalue weighted by Gasteiger charge is 2.31. The van der Waals surface area contributed by atoms with Gasteiger partial charge in [-0.05, 0) is 74.5 Å². The molecule has 0 bridgehead atoms. The van der Waals surface area contributed by atoms with Gasteiger partial charge in [0, 0.05) is 37.3 Å². The second-order valence-corrected chi connectivity index (χ2v) is 15.4. The number of nitrogens with zero attached hydrogens (tertiary/aromatic N) is 5. The van der Waals surface area contributed by atoms with Gasteiger partial charge in [0.1, 0.15) is 0 Å². The van der Waals surface area contributed by atoms with Crippen LogP contribution < -0.4 is 16.4 Å². The molecule has 3 aromatic rings. The van der Waals surface area contributed by atoms with Crippen LogP contribution in [0.15, 0.2) is 35.5 Å². The molecule has 10 nitrogen and oxygen atoms in total. The molecule has 1 aromatic carbocycles. The van der Waals surface area contributed by atoms with E-state index < -0.39 is 10.0 Å². The molecule has 0 radical (unpaired) electrons. The zero-order valence-electron chi connectivity index (χ0n) is 25.2. The van der Waals surface area contributed by atoms with Gasteiger partial charge < -0.3 is 20.9 Å². The maximum absolute atomic E-state index is 13.4. The first-order valence-corrected chi connectivity index (χ1v) is 17.2. The molecule has 228 valence electrons. The number of aromatic nitrogens is 4. The van der Waals surface area contributed by atoms with Gasteiger partial charge in [-0.3, -0.25) is 0 Å². The van der Waals surface area contributed by atoms with Crippen molar-refractivity contribution in [1.82, 2.24) is 23.8 Å². The molecule has 42 heavy (non-hydrogen) atoms. The lowest BCUT2D eigenvalue weighted by Crippen LogP contribution is -2.42. The Morgan fingerprint density at radius 1 is 0.857 bits per heavy atom. The van der Waals surface area contributed by atoms with E-state index in [9.17, 15) is 8.42 Å². The van der Waals surface area contributed by atoms with Crippen LogP contribution in [0.1, 0.15) is 96.6 Å². The minimum atomic E-state index is -3.54. The minimum Gasteiger partial charge on any atom is -0.365 e. The molecule has 2 aliphatic carbocycles. The summed E-state index contributed by atoms with van der Waals surface area (Å²) in [5, 5.41) is 7.23. The lowest BCUT2D eigenvalue weighted by atomic mass is 9.87. The zero-order chi connectivity index (χ0) is 29.5. The van der Waals surface area contributed by atoms with Crippen LogP contribution >= 0.6 is 0 Å². The topological polar surface area (TPSA) is 131 Å². The Balaban J connectivity index is 1.18. The Morgan fingerprint density at radius 2 is 1.50 bits per heavy atom. The van der Waals surface area contributed by atoms with Crippen molar-refractivity contribution in [3.05, 3.63) is 36.2 Å². The number of rotatable bonds is 7. The van der Waals surface area contributed by atoms with Gasteiger partial charge in [0.25, 0.3) is 0 Å². The first kappa shape index (κ1) is 29.3. The molecule has 0 unspecified atom stereocenters. The molecule has 3 fully saturated rings. The predicted molar refractivity (Wildman–Crippen MR) is 167 cm³/mol. The second kappa shape index (κ2) is 11.7. The molecule has 1 aliphatic heterocycles. The number of hydrogen-bond donors (Lipinski definition) is 3. The van der Waals surface area contributed by atoms with Crippen molar-refractivity contribution in [3.8, 4) is 0 Å². The summed E-state index contributed by atoms with van der Waals surface area (Å²) in [6, 6.07) is 8.45. The summed E-state index contributed by atoms with van der Waals surface area (Å²) in [5.41, 5.74) is 8.89. The van der Waals surface area contributed by atoms with Gasteiger partial charge in [-0.2, -0.15) is 14.3 Å². The lowest BCUT2D eigenvalue weighted by Gasteiger charge is -2.32. The molecule has 0 atom stereocenters. The van der Waals surface area contributed by atoms with Crippen molar-refractivity contribution < 1.29 is 8.42 Å². The van der Waals surface area contributed by atoms with E-state index >= 15 is 0 Å². The minimum absolute atomic E-state index is 0.0228. The molecule has 3 heterocycles. The van der Waals surface area contributed by atoms with Crippen molar-refractivity contribution >= 4 is 33.0 Å². The third-order valence-electron chi connectivity index (χ3n) is 9.40. The summed E-state index contributed by atoms with van der Waals surface area (Å²) in [6.07, 6.45) is 12.1. The predicted octanol–water partition coefficient (Wildman–Crippen LogP) is 5.19. The standard InChI is InChI=1S/C31H46N8O2S/c1-31(2,3)21-8-14-26(15-9-21)42(40,41)38-18-16-24(17-19-38)34-28-27-29(39(20-33-27)25-6-4-5-7-25)37-30(36-28)35-23-12-10-22(32)11-13-23/h8-9,14-15,20,22-25H,4-7,10-13,16-19,32H2,1-3H3,(H2,34,35,36,37)/t22-,23-. The average molecular weight is 595 g/mol. The summed E-state index contributed by atoms with van der Waals surface area (Å²) < 4.78 is 30.7. The maximum atomic E-state index is 13.4. The Kier molecular flexibility index (Phi) is 8.19. The Bertz CT molecular complexity index is 1480. The highest BCUT2D eigenvalue weighted by Crippen LogP contribution is 2.34. The zero-order valence-corrected chi connectivity index (χ0v) is 26.0. The number of fused-ring (bicyclic) bond motifs is 1. The number of nitrogens with two attached hydrogens (primary N) is 1. The van der Waals surface area contributed by atoms with Gasteiger partial charge in [0.2, 0.25) is 16.0 Å². The molecule has 1 saturated heterocycles. The molecule has 11 heteroatoms. The summed E-state index contributed by atoms with van der Waals surface area (Å²) in [7, 11) is -3.54. The first-order chi connectivity index (χ1) is 20.1. The fourth-order valence-corrected chi connectivity index (χ4v) is 8.16. The van der Waals surface area contributed by atoms with E-state index in [4.69, 9.17) is 20.7 Å². The molecule has 2 saturated carbocycles. The molecule has 0 amide bonds. The van der Waals surface area contributed by atoms with Crippen LogP contribution in [0.25, 0.3) is 11.2 Å². The highest BCUT2D eigenvalue weighted by molar-refractivity contribution is 7.89. The van der Waals surface area contributed by atoms with Gasteiger partial charge in [0.05, 0.1) is 11.2 Å². The van der Waals surface area contributed by atoms with Crippen molar-refractivity contribution in [1.29, 1.82) is 0 Å².